The lowest BCUT2D eigenvalue weighted by Gasteiger charge is -2.46. The van der Waals surface area contributed by atoms with Crippen LogP contribution in [0, 0.1) is 0 Å². The van der Waals surface area contributed by atoms with Gasteiger partial charge in [0.25, 0.3) is 6.71 Å². The number of hydrogen-bond acceptors (Lipinski definition) is 6. The minimum atomic E-state index is -0.123. The number of anilines is 15. The Labute approximate surface area is 466 Å². The van der Waals surface area contributed by atoms with Gasteiger partial charge in [-0.3, -0.25) is 0 Å². The van der Waals surface area contributed by atoms with Crippen molar-refractivity contribution in [3.8, 4) is 11.1 Å². The first-order chi connectivity index (χ1) is 39.2. The Bertz CT molecular complexity index is 4110. The number of rotatable bonds is 10. The Morgan fingerprint density at radius 2 is 0.709 bits per heavy atom. The Kier molecular flexibility index (Phi) is 11.5. The van der Waals surface area contributed by atoms with Gasteiger partial charge in [0, 0.05) is 77.9 Å². The predicted molar refractivity (Wildman–Crippen MR) is 334 cm³/mol. The molecule has 15 rings (SSSR count). The monoisotopic (exact) mass is 1030 g/mol. The molecule has 0 N–H and O–H groups in total. The summed E-state index contributed by atoms with van der Waals surface area (Å²) in [6.07, 6.45) is 0. The molecule has 3 heterocycles. The smallest absolute Gasteiger partial charge is 0.252 e. The van der Waals surface area contributed by atoms with Crippen molar-refractivity contribution in [2.24, 2.45) is 0 Å². The van der Waals surface area contributed by atoms with Crippen molar-refractivity contribution >= 4 is 120 Å². The van der Waals surface area contributed by atoms with Crippen LogP contribution in [0.5, 0.6) is 0 Å². The second-order valence-electron chi connectivity index (χ2n) is 20.1. The summed E-state index contributed by atoms with van der Waals surface area (Å²) in [4.78, 5) is 14.7. The third-order valence-corrected chi connectivity index (χ3v) is 16.6. The van der Waals surface area contributed by atoms with Gasteiger partial charge in [-0.25, -0.2) is 0 Å². The third-order valence-electron chi connectivity index (χ3n) is 15.5. The van der Waals surface area contributed by atoms with Crippen molar-refractivity contribution < 1.29 is 0 Å². The van der Waals surface area contributed by atoms with Gasteiger partial charge in [0.15, 0.2) is 0 Å². The molecule has 5 nitrogen and oxygen atoms in total. The molecule has 12 aromatic rings. The molecule has 0 radical (unpaired) electrons. The molecule has 0 spiro atoms. The van der Waals surface area contributed by atoms with E-state index >= 15 is 0 Å². The topological polar surface area (TPSA) is 16.2 Å². The van der Waals surface area contributed by atoms with Crippen molar-refractivity contribution in [2.75, 3.05) is 24.5 Å². The Hall–Kier alpha value is -9.95. The molecule has 0 atom stereocenters. The van der Waals surface area contributed by atoms with Crippen LogP contribution in [0.1, 0.15) is 0 Å². The van der Waals surface area contributed by atoms with E-state index in [-0.39, 0.29) is 6.71 Å². The molecule has 0 amide bonds. The van der Waals surface area contributed by atoms with Crippen LogP contribution >= 0.6 is 11.8 Å². The van der Waals surface area contributed by atoms with E-state index in [1.165, 1.54) is 31.7 Å². The van der Waals surface area contributed by atoms with Crippen LogP contribution in [0.25, 0.3) is 11.1 Å². The van der Waals surface area contributed by atoms with E-state index < -0.39 is 0 Å². The van der Waals surface area contributed by atoms with E-state index in [0.29, 0.717) is 0 Å². The number of hydrogen-bond donors (Lipinski definition) is 0. The van der Waals surface area contributed by atoms with E-state index in [4.69, 9.17) is 0 Å². The molecule has 12 aromatic carbocycles. The second-order valence-corrected chi connectivity index (χ2v) is 21.2. The normalized spacial score (nSPS) is 12.7. The minimum absolute atomic E-state index is 0.123. The highest BCUT2D eigenvalue weighted by molar-refractivity contribution is 7.99. The fourth-order valence-corrected chi connectivity index (χ4v) is 13.3. The number of benzene rings is 12. The van der Waals surface area contributed by atoms with Gasteiger partial charge in [0.1, 0.15) is 0 Å². The maximum atomic E-state index is 2.54. The van der Waals surface area contributed by atoms with Gasteiger partial charge in [-0.15, -0.1) is 0 Å². The average molecular weight is 1030 g/mol. The summed E-state index contributed by atoms with van der Waals surface area (Å²) in [5.41, 5.74) is 22.8. The zero-order valence-electron chi connectivity index (χ0n) is 43.1. The highest BCUT2D eigenvalue weighted by Crippen LogP contribution is 2.57. The molecule has 79 heavy (non-hydrogen) atoms. The molecule has 0 aliphatic carbocycles. The highest BCUT2D eigenvalue weighted by atomic mass is 32.2. The first kappa shape index (κ1) is 46.4. The van der Waals surface area contributed by atoms with Gasteiger partial charge < -0.3 is 24.5 Å². The lowest BCUT2D eigenvalue weighted by molar-refractivity contribution is 1.15. The summed E-state index contributed by atoms with van der Waals surface area (Å²) in [6, 6.07) is 111. The number of para-hydroxylation sites is 8. The first-order valence-corrected chi connectivity index (χ1v) is 27.8. The van der Waals surface area contributed by atoms with Gasteiger partial charge in [-0.05, 0) is 149 Å². The molecule has 372 valence electrons. The van der Waals surface area contributed by atoms with Gasteiger partial charge in [0.2, 0.25) is 0 Å². The molecular weight excluding hydrogens is 978 g/mol. The van der Waals surface area contributed by atoms with Crippen LogP contribution in [0.3, 0.4) is 0 Å². The molecule has 3 aliphatic rings. The molecule has 0 fully saturated rings. The largest absolute Gasteiger partial charge is 0.311 e. The predicted octanol–water partition coefficient (Wildman–Crippen LogP) is 18.3. The SMILES string of the molecule is c1ccc(-c2ccccc2N2c3ccc(N(c4ccccc4)c4ccccc4)cc3Sc3cc4c(cc32)B2c3ccccc3N(c3ccccc3)c3cc(N(c5ccccc5)c5ccccc5)cc(c32)N4c2ccccc2)cc1. The van der Waals surface area contributed by atoms with Crippen molar-refractivity contribution in [3.05, 3.63) is 303 Å². The van der Waals surface area contributed by atoms with E-state index in [1.807, 2.05) is 11.8 Å². The number of nitrogens with zero attached hydrogens (tertiary/aromatic N) is 5. The minimum Gasteiger partial charge on any atom is -0.311 e. The van der Waals surface area contributed by atoms with E-state index in [2.05, 4.69) is 328 Å². The van der Waals surface area contributed by atoms with E-state index in [1.54, 1.807) is 0 Å². The fourth-order valence-electron chi connectivity index (χ4n) is 12.2. The zero-order chi connectivity index (χ0) is 52.2. The standard InChI is InChI=1S/C72H50BN5S/c1-8-26-51(27-9-1)60-40-22-24-42-63(60)78-65-45-44-58(74(52-28-10-2-11-29-52)53-30-12-3-13-31-53)48-70(65)79-71-50-66-62(49-67(71)78)73-61-41-23-25-43-64(61)76(56-36-18-6-19-37-56)68-46-59(47-69(72(68)73)77(66)57-38-20-7-21-39-57)75(54-32-14-4-15-33-54)55-34-16-5-17-35-55/h1-50H. The summed E-state index contributed by atoms with van der Waals surface area (Å²) in [6.45, 7) is -0.123. The summed E-state index contributed by atoms with van der Waals surface area (Å²) < 4.78 is 0. The summed E-state index contributed by atoms with van der Waals surface area (Å²) in [5.74, 6) is 0. The van der Waals surface area contributed by atoms with Crippen LogP contribution in [-0.4, -0.2) is 6.71 Å². The van der Waals surface area contributed by atoms with Crippen LogP contribution in [0.4, 0.5) is 85.3 Å². The maximum Gasteiger partial charge on any atom is 0.252 e. The molecular formula is C72H50BN5S. The van der Waals surface area contributed by atoms with Crippen LogP contribution < -0.4 is 40.9 Å². The molecule has 0 unspecified atom stereocenters. The van der Waals surface area contributed by atoms with Crippen molar-refractivity contribution in [2.45, 2.75) is 9.79 Å². The Morgan fingerprint density at radius 3 is 1.27 bits per heavy atom. The van der Waals surface area contributed by atoms with Crippen molar-refractivity contribution in [1.82, 2.24) is 0 Å². The third kappa shape index (κ3) is 7.97. The molecule has 0 aromatic heterocycles. The lowest BCUT2D eigenvalue weighted by Crippen LogP contribution is -2.61. The van der Waals surface area contributed by atoms with Crippen LogP contribution in [0.15, 0.2) is 313 Å². The zero-order valence-corrected chi connectivity index (χ0v) is 43.9. The molecule has 3 aliphatic heterocycles. The molecule has 7 heteroatoms. The Balaban J connectivity index is 1.01. The van der Waals surface area contributed by atoms with Crippen LogP contribution in [-0.2, 0) is 0 Å². The molecule has 0 bridgehead atoms. The fraction of sp³-hybridized carbons (Fsp3) is 0. The van der Waals surface area contributed by atoms with Gasteiger partial charge in [-0.2, -0.15) is 0 Å². The van der Waals surface area contributed by atoms with Gasteiger partial charge in [-0.1, -0.05) is 188 Å². The molecule has 0 saturated carbocycles. The molecule has 0 saturated heterocycles. The van der Waals surface area contributed by atoms with Crippen molar-refractivity contribution in [3.63, 3.8) is 0 Å². The number of fused-ring (bicyclic) bond motifs is 6. The van der Waals surface area contributed by atoms with E-state index in [0.717, 1.165) is 90.9 Å². The van der Waals surface area contributed by atoms with Crippen molar-refractivity contribution in [1.29, 1.82) is 0 Å². The van der Waals surface area contributed by atoms with Gasteiger partial charge in [0.05, 0.1) is 22.7 Å². The second kappa shape index (κ2) is 19.6. The maximum absolute atomic E-state index is 2.54. The summed E-state index contributed by atoms with van der Waals surface area (Å²) >= 11 is 1.86. The first-order valence-electron chi connectivity index (χ1n) is 27.0. The summed E-state index contributed by atoms with van der Waals surface area (Å²) in [5, 5.41) is 0. The quantitative estimate of drug-likeness (QED) is 0.126. The highest BCUT2D eigenvalue weighted by Gasteiger charge is 2.45. The average Bonchev–Trinajstić information content (AvgIpc) is 3.53. The Morgan fingerprint density at radius 1 is 0.266 bits per heavy atom. The van der Waals surface area contributed by atoms with Crippen LogP contribution in [0.2, 0.25) is 0 Å². The van der Waals surface area contributed by atoms with Gasteiger partial charge >= 0.3 is 0 Å². The van der Waals surface area contributed by atoms with E-state index in [9.17, 15) is 0 Å². The lowest BCUT2D eigenvalue weighted by atomic mass is 9.33. The summed E-state index contributed by atoms with van der Waals surface area (Å²) in [7, 11) is 0.